The molecule has 0 aliphatic carbocycles. The highest BCUT2D eigenvalue weighted by Crippen LogP contribution is 2.33. The van der Waals surface area contributed by atoms with Crippen molar-refractivity contribution >= 4 is 29.0 Å². The van der Waals surface area contributed by atoms with Crippen molar-refractivity contribution in [3.05, 3.63) is 47.0 Å². The Bertz CT molecular complexity index is 822. The summed E-state index contributed by atoms with van der Waals surface area (Å²) in [7, 11) is 0. The van der Waals surface area contributed by atoms with Gasteiger partial charge in [-0.1, -0.05) is 17.7 Å². The summed E-state index contributed by atoms with van der Waals surface area (Å²) in [6.07, 6.45) is 2.39. The van der Waals surface area contributed by atoms with Gasteiger partial charge in [-0.3, -0.25) is 0 Å². The highest BCUT2D eigenvalue weighted by Gasteiger charge is 2.16. The first-order chi connectivity index (χ1) is 12.7. The average molecular weight is 374 g/mol. The molecule has 2 N–H and O–H groups in total. The van der Waals surface area contributed by atoms with Gasteiger partial charge in [-0.25, -0.2) is 4.79 Å². The van der Waals surface area contributed by atoms with Gasteiger partial charge in [0.15, 0.2) is 11.5 Å². The van der Waals surface area contributed by atoms with Gasteiger partial charge in [0, 0.05) is 25.3 Å². The molecule has 0 unspecified atom stereocenters. The van der Waals surface area contributed by atoms with E-state index in [0.717, 1.165) is 30.1 Å². The Labute approximate surface area is 157 Å². The van der Waals surface area contributed by atoms with E-state index < -0.39 is 0 Å². The van der Waals surface area contributed by atoms with Crippen molar-refractivity contribution in [2.24, 2.45) is 0 Å². The zero-order chi connectivity index (χ0) is 17.9. The lowest BCUT2D eigenvalue weighted by Gasteiger charge is -2.19. The van der Waals surface area contributed by atoms with Crippen LogP contribution in [0.25, 0.3) is 0 Å². The number of hydrogen-bond donors (Lipinski definition) is 2. The van der Waals surface area contributed by atoms with Crippen molar-refractivity contribution in [3.63, 3.8) is 0 Å². The number of nitrogens with zero attached hydrogens (tertiary/aromatic N) is 1. The van der Waals surface area contributed by atoms with Crippen LogP contribution in [0.5, 0.6) is 11.5 Å². The van der Waals surface area contributed by atoms with Crippen LogP contribution in [0.1, 0.15) is 18.4 Å². The molecule has 0 saturated carbocycles. The number of nitrogens with one attached hydrogen (secondary N) is 2. The Hall–Kier alpha value is -2.60. The molecule has 136 valence electrons. The molecule has 2 aromatic rings. The Morgan fingerprint density at radius 1 is 1.08 bits per heavy atom. The first kappa shape index (κ1) is 16.8. The first-order valence-corrected chi connectivity index (χ1v) is 9.05. The number of benzene rings is 2. The predicted octanol–water partition coefficient (Wildman–Crippen LogP) is 3.99. The number of ether oxygens (including phenoxy) is 2. The van der Waals surface area contributed by atoms with Crippen LogP contribution in [0.4, 0.5) is 16.2 Å². The quantitative estimate of drug-likeness (QED) is 0.850. The van der Waals surface area contributed by atoms with Crippen molar-refractivity contribution in [1.29, 1.82) is 0 Å². The number of hydrogen-bond acceptors (Lipinski definition) is 4. The number of carbonyl (C=O) groups excluding carboxylic acids is 1. The number of urea groups is 1. The third-order valence-corrected chi connectivity index (χ3v) is 4.85. The number of rotatable bonds is 4. The Morgan fingerprint density at radius 3 is 2.69 bits per heavy atom. The Morgan fingerprint density at radius 2 is 1.88 bits per heavy atom. The highest BCUT2D eigenvalue weighted by molar-refractivity contribution is 6.33. The number of amides is 2. The van der Waals surface area contributed by atoms with Gasteiger partial charge < -0.3 is 25.0 Å². The smallest absolute Gasteiger partial charge is 0.319 e. The summed E-state index contributed by atoms with van der Waals surface area (Å²) in [5, 5.41) is 6.30. The molecule has 2 aliphatic rings. The van der Waals surface area contributed by atoms with Gasteiger partial charge in [-0.05, 0) is 48.7 Å². The fraction of sp³-hybridized carbons (Fsp3) is 0.316. The number of fused-ring (bicyclic) bond motifs is 1. The SMILES string of the molecule is O=C(NCc1ccc2c(c1)OCO2)Nc1ccc(N2CCCC2)c(Cl)c1. The summed E-state index contributed by atoms with van der Waals surface area (Å²) in [4.78, 5) is 14.4. The van der Waals surface area contributed by atoms with E-state index >= 15 is 0 Å². The highest BCUT2D eigenvalue weighted by atomic mass is 35.5. The fourth-order valence-corrected chi connectivity index (χ4v) is 3.51. The van der Waals surface area contributed by atoms with Crippen molar-refractivity contribution < 1.29 is 14.3 Å². The molecular formula is C19H20ClN3O3. The third-order valence-electron chi connectivity index (χ3n) is 4.54. The molecule has 6 nitrogen and oxygen atoms in total. The minimum atomic E-state index is -0.285. The monoisotopic (exact) mass is 373 g/mol. The molecule has 1 saturated heterocycles. The van der Waals surface area contributed by atoms with E-state index in [9.17, 15) is 4.79 Å². The zero-order valence-corrected chi connectivity index (χ0v) is 15.0. The van der Waals surface area contributed by atoms with E-state index in [0.29, 0.717) is 23.0 Å². The summed E-state index contributed by atoms with van der Waals surface area (Å²) in [6, 6.07) is 10.9. The minimum absolute atomic E-state index is 0.237. The summed E-state index contributed by atoms with van der Waals surface area (Å²) in [6.45, 7) is 2.69. The molecule has 0 bridgehead atoms. The molecule has 0 atom stereocenters. The molecule has 2 aromatic carbocycles. The summed E-state index contributed by atoms with van der Waals surface area (Å²) in [5.41, 5.74) is 2.63. The standard InChI is InChI=1S/C19H20ClN3O3/c20-15-10-14(4-5-16(15)23-7-1-2-8-23)22-19(24)21-11-13-3-6-17-18(9-13)26-12-25-17/h3-6,9-10H,1-2,7-8,11-12H2,(H2,21,22,24). The Kier molecular flexibility index (Phi) is 4.75. The van der Waals surface area contributed by atoms with Crippen LogP contribution in [0.3, 0.4) is 0 Å². The Balaban J connectivity index is 1.33. The predicted molar refractivity (Wildman–Crippen MR) is 101 cm³/mol. The molecule has 26 heavy (non-hydrogen) atoms. The van der Waals surface area contributed by atoms with Crippen LogP contribution in [0.15, 0.2) is 36.4 Å². The summed E-state index contributed by atoms with van der Waals surface area (Å²) >= 11 is 6.38. The zero-order valence-electron chi connectivity index (χ0n) is 14.3. The van der Waals surface area contributed by atoms with E-state index in [1.165, 1.54) is 12.8 Å². The van der Waals surface area contributed by atoms with E-state index in [4.69, 9.17) is 21.1 Å². The topological polar surface area (TPSA) is 62.8 Å². The van der Waals surface area contributed by atoms with Gasteiger partial charge >= 0.3 is 6.03 Å². The van der Waals surface area contributed by atoms with Crippen molar-refractivity contribution in [1.82, 2.24) is 5.32 Å². The molecule has 0 aromatic heterocycles. The summed E-state index contributed by atoms with van der Waals surface area (Å²) < 4.78 is 10.6. The van der Waals surface area contributed by atoms with Gasteiger partial charge in [-0.2, -0.15) is 0 Å². The average Bonchev–Trinajstić information content (AvgIpc) is 3.31. The maximum Gasteiger partial charge on any atom is 0.319 e. The van der Waals surface area contributed by atoms with Crippen LogP contribution in [0, 0.1) is 0 Å². The first-order valence-electron chi connectivity index (χ1n) is 8.67. The molecule has 2 aliphatic heterocycles. The van der Waals surface area contributed by atoms with Crippen LogP contribution in [-0.4, -0.2) is 25.9 Å². The maximum absolute atomic E-state index is 12.1. The van der Waals surface area contributed by atoms with Crippen LogP contribution in [0.2, 0.25) is 5.02 Å². The second-order valence-electron chi connectivity index (χ2n) is 6.36. The fourth-order valence-electron chi connectivity index (χ4n) is 3.21. The lowest BCUT2D eigenvalue weighted by Crippen LogP contribution is -2.28. The van der Waals surface area contributed by atoms with E-state index in [1.807, 2.05) is 30.3 Å². The molecule has 0 radical (unpaired) electrons. The second kappa shape index (κ2) is 7.33. The van der Waals surface area contributed by atoms with E-state index in [2.05, 4.69) is 15.5 Å². The van der Waals surface area contributed by atoms with E-state index in [-0.39, 0.29) is 12.8 Å². The van der Waals surface area contributed by atoms with Gasteiger partial charge in [0.1, 0.15) is 0 Å². The van der Waals surface area contributed by atoms with Gasteiger partial charge in [0.25, 0.3) is 0 Å². The number of carbonyl (C=O) groups is 1. The van der Waals surface area contributed by atoms with Crippen LogP contribution >= 0.6 is 11.6 Å². The molecule has 2 amide bonds. The molecule has 7 heteroatoms. The largest absolute Gasteiger partial charge is 0.454 e. The van der Waals surface area contributed by atoms with Gasteiger partial charge in [0.05, 0.1) is 10.7 Å². The molecule has 1 fully saturated rings. The lowest BCUT2D eigenvalue weighted by atomic mass is 10.2. The molecule has 2 heterocycles. The van der Waals surface area contributed by atoms with Crippen molar-refractivity contribution in [2.75, 3.05) is 30.1 Å². The van der Waals surface area contributed by atoms with Crippen molar-refractivity contribution in [3.8, 4) is 11.5 Å². The van der Waals surface area contributed by atoms with Gasteiger partial charge in [0.2, 0.25) is 6.79 Å². The molecular weight excluding hydrogens is 354 g/mol. The third kappa shape index (κ3) is 3.65. The van der Waals surface area contributed by atoms with Gasteiger partial charge in [-0.15, -0.1) is 0 Å². The van der Waals surface area contributed by atoms with Crippen LogP contribution < -0.4 is 25.0 Å². The normalized spacial score (nSPS) is 15.2. The summed E-state index contributed by atoms with van der Waals surface area (Å²) in [5.74, 6) is 1.43. The number of halogens is 1. The van der Waals surface area contributed by atoms with Crippen molar-refractivity contribution in [2.45, 2.75) is 19.4 Å². The van der Waals surface area contributed by atoms with E-state index in [1.54, 1.807) is 6.07 Å². The number of anilines is 2. The maximum atomic E-state index is 12.1. The van der Waals surface area contributed by atoms with Crippen LogP contribution in [-0.2, 0) is 6.54 Å². The lowest BCUT2D eigenvalue weighted by molar-refractivity contribution is 0.174. The minimum Gasteiger partial charge on any atom is -0.454 e. The molecule has 4 rings (SSSR count). The molecule has 0 spiro atoms. The second-order valence-corrected chi connectivity index (χ2v) is 6.76.